The number of carbonyl (C=O) groups is 3. The maximum atomic E-state index is 13.8. The summed E-state index contributed by atoms with van der Waals surface area (Å²) in [4.78, 5) is 55.0. The standard InChI is InChI=1S/C28H24N2O9S/c1-5-35-27(34)24-14(2)29-28-30(25(24)18-7-9-19-21(12-18)37-13-36-19)26(33)23(40-28)11-17-6-8-20(38-15(3)31)22(10-17)39-16(4)32/h6-12,25H,5,13H2,1-4H3. The number of rotatable bonds is 6. The maximum Gasteiger partial charge on any atom is 0.338 e. The van der Waals surface area contributed by atoms with Crippen LogP contribution in [0.2, 0.25) is 0 Å². The number of nitrogens with zero attached hydrogens (tertiary/aromatic N) is 2. The Kier molecular flexibility index (Phi) is 7.26. The Morgan fingerprint density at radius 3 is 2.50 bits per heavy atom. The van der Waals surface area contributed by atoms with Gasteiger partial charge in [-0.2, -0.15) is 0 Å². The molecule has 2 aliphatic heterocycles. The molecule has 3 heterocycles. The number of thiazole rings is 1. The summed E-state index contributed by atoms with van der Waals surface area (Å²) in [6, 6.07) is 8.99. The van der Waals surface area contributed by atoms with Crippen LogP contribution in [0, 0.1) is 0 Å². The molecule has 1 aromatic heterocycles. The van der Waals surface area contributed by atoms with E-state index in [4.69, 9.17) is 23.7 Å². The molecule has 0 aliphatic carbocycles. The van der Waals surface area contributed by atoms with Crippen LogP contribution in [0.25, 0.3) is 6.08 Å². The van der Waals surface area contributed by atoms with Crippen molar-refractivity contribution >= 4 is 35.3 Å². The smallest absolute Gasteiger partial charge is 0.338 e. The van der Waals surface area contributed by atoms with Gasteiger partial charge in [-0.1, -0.05) is 23.5 Å². The molecule has 0 N–H and O–H groups in total. The van der Waals surface area contributed by atoms with Crippen LogP contribution in [0.1, 0.15) is 44.9 Å². The first-order valence-corrected chi connectivity index (χ1v) is 13.1. The lowest BCUT2D eigenvalue weighted by atomic mass is 9.95. The van der Waals surface area contributed by atoms with Crippen molar-refractivity contribution in [2.75, 3.05) is 13.4 Å². The van der Waals surface area contributed by atoms with Gasteiger partial charge in [0.05, 0.1) is 28.5 Å². The second-order valence-corrected chi connectivity index (χ2v) is 9.82. The number of allylic oxidation sites excluding steroid dienone is 1. The Morgan fingerprint density at radius 1 is 1.05 bits per heavy atom. The first-order chi connectivity index (χ1) is 19.2. The second-order valence-electron chi connectivity index (χ2n) is 8.81. The monoisotopic (exact) mass is 564 g/mol. The third-order valence-corrected chi connectivity index (χ3v) is 6.99. The molecule has 1 unspecified atom stereocenters. The van der Waals surface area contributed by atoms with E-state index in [0.717, 1.165) is 11.3 Å². The molecule has 11 nitrogen and oxygen atoms in total. The lowest BCUT2D eigenvalue weighted by molar-refractivity contribution is -0.139. The molecule has 12 heteroatoms. The van der Waals surface area contributed by atoms with Gasteiger partial charge < -0.3 is 23.7 Å². The first kappa shape index (κ1) is 26.9. The van der Waals surface area contributed by atoms with E-state index in [9.17, 15) is 19.2 Å². The van der Waals surface area contributed by atoms with E-state index in [1.165, 1.54) is 30.5 Å². The summed E-state index contributed by atoms with van der Waals surface area (Å²) >= 11 is 1.14. The van der Waals surface area contributed by atoms with Crippen molar-refractivity contribution in [2.45, 2.75) is 33.7 Å². The molecule has 0 spiro atoms. The van der Waals surface area contributed by atoms with Gasteiger partial charge in [-0.25, -0.2) is 9.79 Å². The molecule has 5 rings (SSSR count). The van der Waals surface area contributed by atoms with Crippen LogP contribution < -0.4 is 33.8 Å². The number of ether oxygens (including phenoxy) is 5. The van der Waals surface area contributed by atoms with Crippen LogP contribution >= 0.6 is 11.3 Å². The van der Waals surface area contributed by atoms with E-state index in [1.807, 2.05) is 0 Å². The number of aromatic nitrogens is 1. The Bertz CT molecular complexity index is 1770. The molecule has 40 heavy (non-hydrogen) atoms. The summed E-state index contributed by atoms with van der Waals surface area (Å²) in [5.41, 5.74) is 1.41. The Balaban J connectivity index is 1.66. The molecule has 0 fully saturated rings. The fourth-order valence-electron chi connectivity index (χ4n) is 4.43. The highest BCUT2D eigenvalue weighted by atomic mass is 32.1. The third kappa shape index (κ3) is 5.13. The van der Waals surface area contributed by atoms with Crippen molar-refractivity contribution in [1.82, 2.24) is 4.57 Å². The first-order valence-electron chi connectivity index (χ1n) is 12.3. The average Bonchev–Trinajstić information content (AvgIpc) is 3.48. The molecule has 2 aromatic carbocycles. The van der Waals surface area contributed by atoms with Crippen molar-refractivity contribution in [3.63, 3.8) is 0 Å². The molecule has 1 atom stereocenters. The molecule has 3 aromatic rings. The summed E-state index contributed by atoms with van der Waals surface area (Å²) in [6.45, 7) is 6.09. The quantitative estimate of drug-likeness (QED) is 0.327. The predicted molar refractivity (Wildman–Crippen MR) is 142 cm³/mol. The van der Waals surface area contributed by atoms with E-state index in [2.05, 4.69) is 4.99 Å². The van der Waals surface area contributed by atoms with Crippen molar-refractivity contribution in [3.8, 4) is 23.0 Å². The molecule has 0 radical (unpaired) electrons. The van der Waals surface area contributed by atoms with Gasteiger partial charge in [-0.05, 0) is 55.3 Å². The maximum absolute atomic E-state index is 13.8. The van der Waals surface area contributed by atoms with Crippen molar-refractivity contribution in [3.05, 3.63) is 78.5 Å². The van der Waals surface area contributed by atoms with Crippen molar-refractivity contribution < 1.29 is 38.1 Å². The number of carbonyl (C=O) groups excluding carboxylic acids is 3. The van der Waals surface area contributed by atoms with Crippen LogP contribution in [0.5, 0.6) is 23.0 Å². The summed E-state index contributed by atoms with van der Waals surface area (Å²) in [5, 5.41) is 0. The zero-order chi connectivity index (χ0) is 28.6. The van der Waals surface area contributed by atoms with Crippen LogP contribution in [0.4, 0.5) is 0 Å². The van der Waals surface area contributed by atoms with E-state index >= 15 is 0 Å². The van der Waals surface area contributed by atoms with Gasteiger partial charge in [0.1, 0.15) is 0 Å². The fourth-order valence-corrected chi connectivity index (χ4v) is 5.48. The van der Waals surface area contributed by atoms with Gasteiger partial charge in [0.15, 0.2) is 27.8 Å². The molecule has 2 aliphatic rings. The summed E-state index contributed by atoms with van der Waals surface area (Å²) < 4.78 is 28.4. The molecule has 0 amide bonds. The van der Waals surface area contributed by atoms with E-state index in [1.54, 1.807) is 44.2 Å². The average molecular weight is 565 g/mol. The number of esters is 3. The van der Waals surface area contributed by atoms with E-state index in [0.29, 0.717) is 37.7 Å². The van der Waals surface area contributed by atoms with Crippen LogP contribution in [0.15, 0.2) is 57.5 Å². The van der Waals surface area contributed by atoms with Gasteiger partial charge in [0, 0.05) is 13.8 Å². The summed E-state index contributed by atoms with van der Waals surface area (Å²) in [6.07, 6.45) is 1.61. The highest BCUT2D eigenvalue weighted by Gasteiger charge is 2.34. The minimum Gasteiger partial charge on any atom is -0.463 e. The summed E-state index contributed by atoms with van der Waals surface area (Å²) in [5.74, 6) is -0.588. The number of hydrogen-bond acceptors (Lipinski definition) is 11. The van der Waals surface area contributed by atoms with Gasteiger partial charge in [-0.3, -0.25) is 19.0 Å². The molecular formula is C28H24N2O9S. The Morgan fingerprint density at radius 2 is 1.77 bits per heavy atom. The lowest BCUT2D eigenvalue weighted by Gasteiger charge is -2.24. The van der Waals surface area contributed by atoms with Crippen LogP contribution in [-0.4, -0.2) is 35.9 Å². The molecule has 0 saturated carbocycles. The predicted octanol–water partition coefficient (Wildman–Crippen LogP) is 2.38. The topological polar surface area (TPSA) is 132 Å². The lowest BCUT2D eigenvalue weighted by Crippen LogP contribution is -2.39. The van der Waals surface area contributed by atoms with Gasteiger partial charge >= 0.3 is 17.9 Å². The molecule has 0 bridgehead atoms. The molecule has 206 valence electrons. The minimum absolute atomic E-state index is 0.0305. The van der Waals surface area contributed by atoms with Crippen molar-refractivity contribution in [1.29, 1.82) is 0 Å². The Labute approximate surface area is 231 Å². The normalized spacial score (nSPS) is 15.8. The summed E-state index contributed by atoms with van der Waals surface area (Å²) in [7, 11) is 0. The van der Waals surface area contributed by atoms with Crippen molar-refractivity contribution in [2.24, 2.45) is 4.99 Å². The minimum atomic E-state index is -0.824. The van der Waals surface area contributed by atoms with E-state index in [-0.39, 0.29) is 36.0 Å². The van der Waals surface area contributed by atoms with Crippen LogP contribution in [0.3, 0.4) is 0 Å². The highest BCUT2D eigenvalue weighted by Crippen LogP contribution is 2.38. The zero-order valence-electron chi connectivity index (χ0n) is 22.0. The molecular weight excluding hydrogens is 540 g/mol. The van der Waals surface area contributed by atoms with Gasteiger partial charge in [0.2, 0.25) is 6.79 Å². The molecule has 0 saturated heterocycles. The van der Waals surface area contributed by atoms with Gasteiger partial charge in [0.25, 0.3) is 5.56 Å². The second kappa shape index (κ2) is 10.8. The number of hydrogen-bond donors (Lipinski definition) is 0. The fraction of sp³-hybridized carbons (Fsp3) is 0.250. The van der Waals surface area contributed by atoms with Crippen LogP contribution in [-0.2, 0) is 19.1 Å². The highest BCUT2D eigenvalue weighted by molar-refractivity contribution is 7.07. The van der Waals surface area contributed by atoms with E-state index < -0.39 is 23.9 Å². The third-order valence-electron chi connectivity index (χ3n) is 6.00. The largest absolute Gasteiger partial charge is 0.463 e. The zero-order valence-corrected chi connectivity index (χ0v) is 22.8. The number of benzene rings is 2. The Hall–Kier alpha value is -4.71. The number of fused-ring (bicyclic) bond motifs is 2. The SMILES string of the molecule is CCOC(=O)C1=C(C)N=c2sc(=Cc3ccc(OC(C)=O)c(OC(C)=O)c3)c(=O)n2C1c1ccc2c(c1)OCO2. The van der Waals surface area contributed by atoms with Gasteiger partial charge in [-0.15, -0.1) is 0 Å².